The maximum Gasteiger partial charge on any atom is 0.433 e. The van der Waals surface area contributed by atoms with Crippen LogP contribution in [-0.2, 0) is 0 Å². The Morgan fingerprint density at radius 1 is 0.769 bits per heavy atom. The summed E-state index contributed by atoms with van der Waals surface area (Å²) in [6.45, 7) is 4.48. The van der Waals surface area contributed by atoms with Crippen molar-refractivity contribution in [3.8, 4) is 17.2 Å². The molecule has 0 saturated heterocycles. The maximum atomic E-state index is 14.3. The molecule has 2 aromatic carbocycles. The molecule has 0 heterocycles. The quantitative estimate of drug-likeness (QED) is 0.208. The summed E-state index contributed by atoms with van der Waals surface area (Å²) in [6.07, 6.45) is 12.6. The van der Waals surface area contributed by atoms with Crippen LogP contribution in [0, 0.1) is 29.4 Å². The summed E-state index contributed by atoms with van der Waals surface area (Å²) < 4.78 is 71.2. The lowest BCUT2D eigenvalue weighted by Gasteiger charge is -2.28. The van der Waals surface area contributed by atoms with Crippen molar-refractivity contribution in [3.63, 3.8) is 0 Å². The summed E-state index contributed by atoms with van der Waals surface area (Å²) in [5.41, 5.74) is 1.17. The van der Waals surface area contributed by atoms with Gasteiger partial charge >= 0.3 is 6.11 Å². The maximum absolute atomic E-state index is 14.3. The number of ether oxygens (including phenoxy) is 3. The van der Waals surface area contributed by atoms with Gasteiger partial charge < -0.3 is 14.2 Å². The molecule has 2 aliphatic carbocycles. The van der Waals surface area contributed by atoms with E-state index in [1.54, 1.807) is 19.1 Å². The molecule has 7 heteroatoms. The Labute approximate surface area is 228 Å². The van der Waals surface area contributed by atoms with E-state index in [0.717, 1.165) is 37.8 Å². The lowest BCUT2D eigenvalue weighted by molar-refractivity contribution is -0.196. The second-order valence-corrected chi connectivity index (χ2v) is 10.6. The second-order valence-electron chi connectivity index (χ2n) is 10.6. The minimum Gasteiger partial charge on any atom is -0.491 e. The number of allylic oxidation sites excluding steroid dienone is 3. The molecule has 0 atom stereocenters. The van der Waals surface area contributed by atoms with Crippen LogP contribution in [0.4, 0.5) is 17.6 Å². The molecule has 0 aliphatic heterocycles. The van der Waals surface area contributed by atoms with E-state index >= 15 is 0 Å². The highest BCUT2D eigenvalue weighted by Crippen LogP contribution is 2.38. The van der Waals surface area contributed by atoms with E-state index < -0.39 is 30.1 Å². The number of hydrogen-bond acceptors (Lipinski definition) is 3. The topological polar surface area (TPSA) is 27.7 Å². The Hall–Kier alpha value is -2.96. The Kier molecular flexibility index (Phi) is 9.98. The third kappa shape index (κ3) is 8.02. The fourth-order valence-electron chi connectivity index (χ4n) is 5.59. The monoisotopic (exact) mass is 546 g/mol. The van der Waals surface area contributed by atoms with Crippen LogP contribution in [-0.4, -0.2) is 19.3 Å². The first-order valence-electron chi connectivity index (χ1n) is 14.0. The van der Waals surface area contributed by atoms with E-state index in [-0.39, 0.29) is 18.1 Å². The van der Waals surface area contributed by atoms with Crippen LogP contribution in [0.3, 0.4) is 0 Å². The first-order valence-corrected chi connectivity index (χ1v) is 14.0. The van der Waals surface area contributed by atoms with Gasteiger partial charge in [0.25, 0.3) is 0 Å². The fourth-order valence-corrected chi connectivity index (χ4v) is 5.59. The van der Waals surface area contributed by atoms with Gasteiger partial charge in [0.05, 0.1) is 6.61 Å². The number of rotatable bonds is 11. The van der Waals surface area contributed by atoms with E-state index in [9.17, 15) is 17.6 Å². The van der Waals surface area contributed by atoms with Crippen LogP contribution in [0.5, 0.6) is 17.2 Å². The van der Waals surface area contributed by atoms with Gasteiger partial charge in [-0.1, -0.05) is 30.4 Å². The Balaban J connectivity index is 1.23. The van der Waals surface area contributed by atoms with E-state index in [0.29, 0.717) is 23.7 Å². The summed E-state index contributed by atoms with van der Waals surface area (Å²) in [5.74, 6) is -1.49. The molecule has 2 fully saturated rings. The minimum absolute atomic E-state index is 0.107. The summed E-state index contributed by atoms with van der Waals surface area (Å²) in [4.78, 5) is 0. The molecule has 39 heavy (non-hydrogen) atoms. The normalized spacial score (nSPS) is 23.9. The van der Waals surface area contributed by atoms with E-state index in [2.05, 4.69) is 29.5 Å². The zero-order valence-electron chi connectivity index (χ0n) is 22.5. The van der Waals surface area contributed by atoms with E-state index in [4.69, 9.17) is 9.47 Å². The van der Waals surface area contributed by atoms with Crippen LogP contribution >= 0.6 is 0 Å². The van der Waals surface area contributed by atoms with Crippen LogP contribution in [0.2, 0.25) is 0 Å². The van der Waals surface area contributed by atoms with Gasteiger partial charge in [-0.25, -0.2) is 0 Å². The number of alkyl halides is 2. The SMILES string of the molecule is C=CC1CCC(/C=C/C2CCC(c3ccc(OCC(F)(F)Oc4ccc(OCC)c(F)c4F)cc3)CC2)CC1. The fraction of sp³-hybridized carbons (Fsp3) is 0.500. The van der Waals surface area contributed by atoms with E-state index in [1.165, 1.54) is 31.2 Å². The largest absolute Gasteiger partial charge is 0.491 e. The predicted molar refractivity (Wildman–Crippen MR) is 145 cm³/mol. The van der Waals surface area contributed by atoms with Gasteiger partial charge in [-0.15, -0.1) is 6.58 Å². The van der Waals surface area contributed by atoms with Crippen LogP contribution in [0.25, 0.3) is 0 Å². The lowest BCUT2D eigenvalue weighted by atomic mass is 9.77. The molecule has 2 aliphatic rings. The average Bonchev–Trinajstić information content (AvgIpc) is 2.96. The molecule has 0 amide bonds. The van der Waals surface area contributed by atoms with Crippen molar-refractivity contribution in [2.24, 2.45) is 17.8 Å². The average molecular weight is 547 g/mol. The third-order valence-electron chi connectivity index (χ3n) is 7.91. The Morgan fingerprint density at radius 2 is 1.31 bits per heavy atom. The Morgan fingerprint density at radius 3 is 1.90 bits per heavy atom. The number of halogens is 4. The molecular weight excluding hydrogens is 508 g/mol. The highest BCUT2D eigenvalue weighted by molar-refractivity contribution is 5.35. The summed E-state index contributed by atoms with van der Waals surface area (Å²) >= 11 is 0. The van der Waals surface area contributed by atoms with Crippen molar-refractivity contribution < 1.29 is 31.8 Å². The summed E-state index contributed by atoms with van der Waals surface area (Å²) in [6, 6.07) is 9.10. The zero-order valence-corrected chi connectivity index (χ0v) is 22.5. The summed E-state index contributed by atoms with van der Waals surface area (Å²) in [7, 11) is 0. The van der Waals surface area contributed by atoms with Crippen molar-refractivity contribution in [1.29, 1.82) is 0 Å². The molecule has 0 N–H and O–H groups in total. The van der Waals surface area contributed by atoms with E-state index in [1.807, 2.05) is 12.1 Å². The molecular formula is C32H38F4O3. The minimum atomic E-state index is -3.87. The van der Waals surface area contributed by atoms with Gasteiger partial charge in [0.2, 0.25) is 11.6 Å². The third-order valence-corrected chi connectivity index (χ3v) is 7.91. The zero-order chi connectivity index (χ0) is 27.8. The predicted octanol–water partition coefficient (Wildman–Crippen LogP) is 9.24. The molecule has 0 radical (unpaired) electrons. The van der Waals surface area contributed by atoms with Crippen molar-refractivity contribution >= 4 is 0 Å². The van der Waals surface area contributed by atoms with Gasteiger partial charge in [0.1, 0.15) is 5.75 Å². The lowest BCUT2D eigenvalue weighted by Crippen LogP contribution is -2.33. The molecule has 0 aromatic heterocycles. The first-order chi connectivity index (χ1) is 18.8. The van der Waals surface area contributed by atoms with Crippen molar-refractivity contribution in [2.45, 2.75) is 70.3 Å². The molecule has 2 saturated carbocycles. The smallest absolute Gasteiger partial charge is 0.433 e. The standard InChI is InChI=1S/C32H38F4O3/c1-3-22-5-7-23(8-6-22)9-10-24-11-13-25(14-12-24)26-15-17-27(18-16-26)38-21-32(35,36)39-29-20-19-28(37-4-2)30(33)31(29)34/h3,9-10,15-20,22-25H,1,4-8,11-14,21H2,2H3/b10-9+. The highest BCUT2D eigenvalue weighted by atomic mass is 19.3. The molecule has 0 unspecified atom stereocenters. The second kappa shape index (κ2) is 13.4. The highest BCUT2D eigenvalue weighted by Gasteiger charge is 2.35. The van der Waals surface area contributed by atoms with Crippen LogP contribution < -0.4 is 14.2 Å². The molecule has 212 valence electrons. The van der Waals surface area contributed by atoms with Gasteiger partial charge in [0, 0.05) is 0 Å². The van der Waals surface area contributed by atoms with Crippen LogP contribution in [0.1, 0.15) is 69.8 Å². The first kappa shape index (κ1) is 29.0. The van der Waals surface area contributed by atoms with Crippen molar-refractivity contribution in [2.75, 3.05) is 13.2 Å². The Bertz CT molecular complexity index is 1100. The van der Waals surface area contributed by atoms with Crippen molar-refractivity contribution in [1.82, 2.24) is 0 Å². The number of hydrogen-bond donors (Lipinski definition) is 0. The molecule has 0 spiro atoms. The molecule has 2 aromatic rings. The molecule has 4 rings (SSSR count). The van der Waals surface area contributed by atoms with Gasteiger partial charge in [-0.2, -0.15) is 17.6 Å². The van der Waals surface area contributed by atoms with Crippen molar-refractivity contribution in [3.05, 3.63) is 78.4 Å². The van der Waals surface area contributed by atoms with Gasteiger partial charge in [-0.3, -0.25) is 0 Å². The van der Waals surface area contributed by atoms with Gasteiger partial charge in [0.15, 0.2) is 18.1 Å². The molecule has 0 bridgehead atoms. The summed E-state index contributed by atoms with van der Waals surface area (Å²) in [5, 5.41) is 0. The van der Waals surface area contributed by atoms with Crippen LogP contribution in [0.15, 0.2) is 61.2 Å². The number of benzene rings is 2. The molecule has 3 nitrogen and oxygen atoms in total. The van der Waals surface area contributed by atoms with Gasteiger partial charge in [-0.05, 0) is 112 Å².